The average Bonchev–Trinajstić information content (AvgIpc) is 2.11. The number of hydrogen-bond donors (Lipinski definition) is 0. The third kappa shape index (κ3) is 6.49. The van der Waals surface area contributed by atoms with Crippen molar-refractivity contribution in [1.29, 1.82) is 0 Å². The van der Waals surface area contributed by atoms with Crippen LogP contribution in [0.1, 0.15) is 33.1 Å². The Kier molecular flexibility index (Phi) is 7.05. The molecule has 0 fully saturated rings. The van der Waals surface area contributed by atoms with Crippen LogP contribution in [0.15, 0.2) is 0 Å². The van der Waals surface area contributed by atoms with Gasteiger partial charge in [-0.05, 0) is 12.3 Å². The zero-order valence-electron chi connectivity index (χ0n) is 8.42. The van der Waals surface area contributed by atoms with E-state index in [4.69, 9.17) is 0 Å². The number of alkyl halides is 1. The molecule has 0 heterocycles. The lowest BCUT2D eigenvalue weighted by atomic mass is 10.2. The van der Waals surface area contributed by atoms with Crippen molar-refractivity contribution in [2.45, 2.75) is 33.1 Å². The van der Waals surface area contributed by atoms with Gasteiger partial charge < -0.3 is 0 Å². The molecule has 0 saturated heterocycles. The van der Waals surface area contributed by atoms with E-state index in [2.05, 4.69) is 15.9 Å². The lowest BCUT2D eigenvalue weighted by Gasteiger charge is -2.11. The summed E-state index contributed by atoms with van der Waals surface area (Å²) in [6.07, 6.45) is 2.67. The zero-order valence-corrected chi connectivity index (χ0v) is 10.8. The summed E-state index contributed by atoms with van der Waals surface area (Å²) < 4.78 is 23.0. The standard InChI is InChI=1S/C9H19BrO2S/c1-3-5-6-13(11,12)8-9(4-2)7-10/h9H,3-8H2,1-2H3. The summed E-state index contributed by atoms with van der Waals surface area (Å²) in [5.74, 6) is 0.976. The van der Waals surface area contributed by atoms with Gasteiger partial charge in [0.1, 0.15) is 0 Å². The summed E-state index contributed by atoms with van der Waals surface area (Å²) in [6.45, 7) is 4.04. The van der Waals surface area contributed by atoms with Gasteiger partial charge in [0.15, 0.2) is 9.84 Å². The van der Waals surface area contributed by atoms with Crippen molar-refractivity contribution < 1.29 is 8.42 Å². The maximum Gasteiger partial charge on any atom is 0.150 e. The van der Waals surface area contributed by atoms with E-state index in [9.17, 15) is 8.42 Å². The maximum atomic E-state index is 11.5. The molecule has 0 aliphatic rings. The van der Waals surface area contributed by atoms with Crippen LogP contribution in [0.2, 0.25) is 0 Å². The number of sulfone groups is 1. The van der Waals surface area contributed by atoms with Crippen molar-refractivity contribution >= 4 is 25.8 Å². The molecule has 0 spiro atoms. The Morgan fingerprint density at radius 2 is 1.92 bits per heavy atom. The molecule has 0 aliphatic heterocycles. The highest BCUT2D eigenvalue weighted by molar-refractivity contribution is 9.09. The van der Waals surface area contributed by atoms with Crippen LogP contribution in [-0.4, -0.2) is 25.3 Å². The first-order valence-corrected chi connectivity index (χ1v) is 7.76. The van der Waals surface area contributed by atoms with Crippen LogP contribution in [0.3, 0.4) is 0 Å². The molecule has 2 nitrogen and oxygen atoms in total. The summed E-state index contributed by atoms with van der Waals surface area (Å²) in [4.78, 5) is 0. The van der Waals surface area contributed by atoms with Crippen LogP contribution in [0.25, 0.3) is 0 Å². The van der Waals surface area contributed by atoms with Crippen molar-refractivity contribution in [3.05, 3.63) is 0 Å². The van der Waals surface area contributed by atoms with Crippen molar-refractivity contribution in [1.82, 2.24) is 0 Å². The van der Waals surface area contributed by atoms with Gasteiger partial charge in [-0.25, -0.2) is 8.42 Å². The molecule has 0 amide bonds. The van der Waals surface area contributed by atoms with E-state index < -0.39 is 9.84 Å². The Balaban J connectivity index is 4.00. The molecule has 0 bridgehead atoms. The molecular weight excluding hydrogens is 252 g/mol. The van der Waals surface area contributed by atoms with Gasteiger partial charge in [0, 0.05) is 5.33 Å². The van der Waals surface area contributed by atoms with Crippen LogP contribution < -0.4 is 0 Å². The topological polar surface area (TPSA) is 34.1 Å². The molecule has 0 N–H and O–H groups in total. The first-order chi connectivity index (χ1) is 6.05. The first-order valence-electron chi connectivity index (χ1n) is 4.82. The SMILES string of the molecule is CCCCS(=O)(=O)CC(CC)CBr. The molecule has 0 saturated carbocycles. The van der Waals surface area contributed by atoms with E-state index in [0.717, 1.165) is 24.6 Å². The predicted octanol–water partition coefficient (Wildman–Crippen LogP) is 2.62. The fourth-order valence-electron chi connectivity index (χ4n) is 1.08. The van der Waals surface area contributed by atoms with Gasteiger partial charge in [-0.2, -0.15) is 0 Å². The highest BCUT2D eigenvalue weighted by atomic mass is 79.9. The van der Waals surface area contributed by atoms with E-state index in [1.807, 2.05) is 13.8 Å². The Labute approximate surface area is 90.2 Å². The van der Waals surface area contributed by atoms with Gasteiger partial charge in [-0.3, -0.25) is 0 Å². The second-order valence-electron chi connectivity index (χ2n) is 3.40. The molecule has 0 aromatic carbocycles. The van der Waals surface area contributed by atoms with Gasteiger partial charge >= 0.3 is 0 Å². The maximum absolute atomic E-state index is 11.5. The van der Waals surface area contributed by atoms with Crippen molar-refractivity contribution in [2.24, 2.45) is 5.92 Å². The Morgan fingerprint density at radius 3 is 2.31 bits per heavy atom. The fourth-order valence-corrected chi connectivity index (χ4v) is 4.03. The molecule has 4 heteroatoms. The molecule has 0 radical (unpaired) electrons. The number of unbranched alkanes of at least 4 members (excludes halogenated alkanes) is 1. The third-order valence-electron chi connectivity index (χ3n) is 2.09. The normalized spacial score (nSPS) is 14.4. The smallest absolute Gasteiger partial charge is 0.150 e. The van der Waals surface area contributed by atoms with Crippen LogP contribution in [0.5, 0.6) is 0 Å². The van der Waals surface area contributed by atoms with Gasteiger partial charge in [-0.1, -0.05) is 42.6 Å². The lowest BCUT2D eigenvalue weighted by molar-refractivity contribution is 0.566. The average molecular weight is 271 g/mol. The number of hydrogen-bond acceptors (Lipinski definition) is 2. The minimum Gasteiger partial charge on any atom is -0.229 e. The number of halogens is 1. The highest BCUT2D eigenvalue weighted by Crippen LogP contribution is 2.11. The minimum atomic E-state index is -2.80. The van der Waals surface area contributed by atoms with Gasteiger partial charge in [-0.15, -0.1) is 0 Å². The second-order valence-corrected chi connectivity index (χ2v) is 6.27. The van der Waals surface area contributed by atoms with E-state index in [-0.39, 0.29) is 5.92 Å². The summed E-state index contributed by atoms with van der Waals surface area (Å²) in [6, 6.07) is 0. The van der Waals surface area contributed by atoms with Gasteiger partial charge in [0.2, 0.25) is 0 Å². The highest BCUT2D eigenvalue weighted by Gasteiger charge is 2.16. The number of rotatable bonds is 7. The van der Waals surface area contributed by atoms with Gasteiger partial charge in [0.25, 0.3) is 0 Å². The summed E-state index contributed by atoms with van der Waals surface area (Å²) >= 11 is 3.33. The molecule has 0 aromatic rings. The molecular formula is C9H19BrO2S. The second kappa shape index (κ2) is 6.82. The Hall–Kier alpha value is 0.430. The van der Waals surface area contributed by atoms with E-state index >= 15 is 0 Å². The van der Waals surface area contributed by atoms with Crippen molar-refractivity contribution in [3.63, 3.8) is 0 Å². The lowest BCUT2D eigenvalue weighted by Crippen LogP contribution is -2.19. The first kappa shape index (κ1) is 13.4. The largest absolute Gasteiger partial charge is 0.229 e. The Bertz CT molecular complexity index is 208. The summed E-state index contributed by atoms with van der Waals surface area (Å²) in [5.41, 5.74) is 0. The van der Waals surface area contributed by atoms with E-state index in [1.54, 1.807) is 0 Å². The Morgan fingerprint density at radius 1 is 1.31 bits per heavy atom. The quantitative estimate of drug-likeness (QED) is 0.667. The summed E-state index contributed by atoms with van der Waals surface area (Å²) in [7, 11) is -2.80. The third-order valence-corrected chi connectivity index (χ3v) is 4.90. The minimum absolute atomic E-state index is 0.279. The van der Waals surface area contributed by atoms with Crippen LogP contribution >= 0.6 is 15.9 Å². The van der Waals surface area contributed by atoms with Crippen molar-refractivity contribution in [2.75, 3.05) is 16.8 Å². The molecule has 0 rings (SSSR count). The monoisotopic (exact) mass is 270 g/mol. The summed E-state index contributed by atoms with van der Waals surface area (Å²) in [5, 5.41) is 0.787. The molecule has 1 unspecified atom stereocenters. The van der Waals surface area contributed by atoms with Crippen molar-refractivity contribution in [3.8, 4) is 0 Å². The molecule has 80 valence electrons. The fraction of sp³-hybridized carbons (Fsp3) is 1.00. The van der Waals surface area contributed by atoms with E-state index in [1.165, 1.54) is 0 Å². The van der Waals surface area contributed by atoms with Gasteiger partial charge in [0.05, 0.1) is 11.5 Å². The van der Waals surface area contributed by atoms with Crippen LogP contribution in [0.4, 0.5) is 0 Å². The molecule has 0 aromatic heterocycles. The van der Waals surface area contributed by atoms with E-state index in [0.29, 0.717) is 11.5 Å². The van der Waals surface area contributed by atoms with Crippen LogP contribution in [0, 0.1) is 5.92 Å². The predicted molar refractivity (Wildman–Crippen MR) is 61.1 cm³/mol. The van der Waals surface area contributed by atoms with Crippen LogP contribution in [-0.2, 0) is 9.84 Å². The molecule has 13 heavy (non-hydrogen) atoms. The molecule has 1 atom stereocenters. The molecule has 0 aliphatic carbocycles. The zero-order chi connectivity index (χ0) is 10.3.